The Bertz CT molecular complexity index is 634. The fraction of sp³-hybridized carbons (Fsp3) is 0.364. The van der Waals surface area contributed by atoms with Crippen LogP contribution in [0.15, 0.2) is 6.07 Å². The number of hydrogen-bond donors (Lipinski definition) is 0. The summed E-state index contributed by atoms with van der Waals surface area (Å²) in [7, 11) is 0. The second-order valence-corrected chi connectivity index (χ2v) is 3.81. The number of aldehydes is 1. The van der Waals surface area contributed by atoms with E-state index in [0.717, 1.165) is 10.5 Å². The number of alkyl halides is 3. The standard InChI is InChI=1S/C11H10F3N3O2/c1-3-19-10-16-15-9-8(11(12,13)14)7(5-18)4-6(2)17(9)10/h4-5H,3H2,1-2H3. The van der Waals surface area contributed by atoms with Crippen LogP contribution in [-0.2, 0) is 6.18 Å². The van der Waals surface area contributed by atoms with Crippen LogP contribution in [0.3, 0.4) is 0 Å². The second-order valence-electron chi connectivity index (χ2n) is 3.81. The molecule has 5 nitrogen and oxygen atoms in total. The van der Waals surface area contributed by atoms with Gasteiger partial charge in [-0.2, -0.15) is 13.2 Å². The van der Waals surface area contributed by atoms with Gasteiger partial charge in [-0.15, -0.1) is 5.10 Å². The zero-order valence-electron chi connectivity index (χ0n) is 10.2. The van der Waals surface area contributed by atoms with Gasteiger partial charge in [-0.05, 0) is 19.9 Å². The summed E-state index contributed by atoms with van der Waals surface area (Å²) in [6, 6.07) is 1.10. The molecule has 8 heteroatoms. The summed E-state index contributed by atoms with van der Waals surface area (Å²) in [6.07, 6.45) is -4.54. The van der Waals surface area contributed by atoms with Crippen molar-refractivity contribution < 1.29 is 22.7 Å². The summed E-state index contributed by atoms with van der Waals surface area (Å²) in [4.78, 5) is 10.8. The molecule has 0 aromatic carbocycles. The van der Waals surface area contributed by atoms with Crippen molar-refractivity contribution in [1.29, 1.82) is 0 Å². The van der Waals surface area contributed by atoms with Crippen molar-refractivity contribution in [1.82, 2.24) is 14.6 Å². The Morgan fingerprint density at radius 3 is 2.63 bits per heavy atom. The summed E-state index contributed by atoms with van der Waals surface area (Å²) < 4.78 is 45.3. The van der Waals surface area contributed by atoms with Crippen LogP contribution >= 0.6 is 0 Å². The van der Waals surface area contributed by atoms with Crippen LogP contribution in [-0.4, -0.2) is 27.5 Å². The molecule has 0 fully saturated rings. The van der Waals surface area contributed by atoms with Crippen molar-refractivity contribution in [3.63, 3.8) is 0 Å². The van der Waals surface area contributed by atoms with Gasteiger partial charge in [-0.3, -0.25) is 4.79 Å². The SMILES string of the molecule is CCOc1nnc2c(C(F)(F)F)c(C=O)cc(C)n12. The number of carbonyl (C=O) groups excluding carboxylic acids is 1. The molecule has 102 valence electrons. The number of rotatable bonds is 3. The third-order valence-electron chi connectivity index (χ3n) is 2.55. The molecule has 19 heavy (non-hydrogen) atoms. The Balaban J connectivity index is 2.85. The maximum absolute atomic E-state index is 13.0. The number of carbonyl (C=O) groups is 1. The summed E-state index contributed by atoms with van der Waals surface area (Å²) in [5.41, 5.74) is -1.61. The Morgan fingerprint density at radius 1 is 1.42 bits per heavy atom. The molecule has 0 aliphatic heterocycles. The summed E-state index contributed by atoms with van der Waals surface area (Å²) in [5, 5.41) is 7.05. The van der Waals surface area contributed by atoms with Crippen LogP contribution in [0.4, 0.5) is 13.2 Å². The molecule has 0 radical (unpaired) electrons. The van der Waals surface area contributed by atoms with E-state index >= 15 is 0 Å². The fourth-order valence-corrected chi connectivity index (χ4v) is 1.85. The van der Waals surface area contributed by atoms with E-state index in [4.69, 9.17) is 4.74 Å². The third-order valence-corrected chi connectivity index (χ3v) is 2.55. The van der Waals surface area contributed by atoms with Crippen LogP contribution in [0.5, 0.6) is 6.01 Å². The average molecular weight is 273 g/mol. The minimum Gasteiger partial charge on any atom is -0.464 e. The lowest BCUT2D eigenvalue weighted by molar-refractivity contribution is -0.136. The minimum absolute atomic E-state index is 0.0297. The predicted molar refractivity (Wildman–Crippen MR) is 59.3 cm³/mol. The number of ether oxygens (including phenoxy) is 1. The molecular formula is C11H10F3N3O2. The molecule has 0 N–H and O–H groups in total. The van der Waals surface area contributed by atoms with E-state index in [9.17, 15) is 18.0 Å². The number of aryl methyl sites for hydroxylation is 1. The molecule has 2 aromatic rings. The summed E-state index contributed by atoms with van der Waals surface area (Å²) in [5.74, 6) is 0. The molecule has 0 atom stereocenters. The molecule has 0 bridgehead atoms. The number of nitrogens with zero attached hydrogens (tertiary/aromatic N) is 3. The van der Waals surface area contributed by atoms with E-state index in [1.54, 1.807) is 13.8 Å². The smallest absolute Gasteiger partial charge is 0.420 e. The third kappa shape index (κ3) is 2.13. The molecule has 0 aliphatic carbocycles. The molecule has 0 amide bonds. The van der Waals surface area contributed by atoms with E-state index in [2.05, 4.69) is 10.2 Å². The van der Waals surface area contributed by atoms with E-state index in [1.165, 1.54) is 0 Å². The lowest BCUT2D eigenvalue weighted by Gasteiger charge is -2.12. The molecule has 2 aromatic heterocycles. The predicted octanol–water partition coefficient (Wildman–Crippen LogP) is 2.27. The first-order valence-corrected chi connectivity index (χ1v) is 5.44. The van der Waals surface area contributed by atoms with Crippen LogP contribution in [0.1, 0.15) is 28.5 Å². The maximum atomic E-state index is 13.0. The van der Waals surface area contributed by atoms with E-state index in [0.29, 0.717) is 5.69 Å². The normalized spacial score (nSPS) is 11.8. The van der Waals surface area contributed by atoms with Gasteiger partial charge in [0.25, 0.3) is 0 Å². The molecule has 0 saturated heterocycles. The zero-order chi connectivity index (χ0) is 14.2. The van der Waals surface area contributed by atoms with Gasteiger partial charge in [0.05, 0.1) is 6.61 Å². The quantitative estimate of drug-likeness (QED) is 0.805. The monoisotopic (exact) mass is 273 g/mol. The highest BCUT2D eigenvalue weighted by Crippen LogP contribution is 2.35. The first-order valence-electron chi connectivity index (χ1n) is 5.44. The van der Waals surface area contributed by atoms with Crippen molar-refractivity contribution in [2.24, 2.45) is 0 Å². The van der Waals surface area contributed by atoms with Crippen molar-refractivity contribution in [3.05, 3.63) is 22.9 Å². The van der Waals surface area contributed by atoms with Gasteiger partial charge in [0.15, 0.2) is 11.9 Å². The second kappa shape index (κ2) is 4.52. The van der Waals surface area contributed by atoms with E-state index < -0.39 is 23.0 Å². The average Bonchev–Trinajstić information content (AvgIpc) is 2.72. The lowest BCUT2D eigenvalue weighted by Crippen LogP contribution is -2.13. The first-order chi connectivity index (χ1) is 8.90. The van der Waals surface area contributed by atoms with E-state index in [1.807, 2.05) is 0 Å². The molecule has 2 rings (SSSR count). The van der Waals surface area contributed by atoms with Crippen molar-refractivity contribution in [3.8, 4) is 6.01 Å². The van der Waals surface area contributed by atoms with Gasteiger partial charge < -0.3 is 4.74 Å². The lowest BCUT2D eigenvalue weighted by atomic mass is 10.1. The van der Waals surface area contributed by atoms with Crippen molar-refractivity contribution in [2.75, 3.05) is 6.61 Å². The molecule has 2 heterocycles. The van der Waals surface area contributed by atoms with Gasteiger partial charge in [0.1, 0.15) is 5.56 Å². The molecule has 0 saturated carbocycles. The number of pyridine rings is 1. The number of aromatic nitrogens is 3. The van der Waals surface area contributed by atoms with Gasteiger partial charge in [-0.25, -0.2) is 4.40 Å². The molecular weight excluding hydrogens is 263 g/mol. The zero-order valence-corrected chi connectivity index (χ0v) is 10.2. The van der Waals surface area contributed by atoms with Gasteiger partial charge in [-0.1, -0.05) is 5.10 Å². The van der Waals surface area contributed by atoms with Gasteiger partial charge >= 0.3 is 12.2 Å². The molecule has 0 spiro atoms. The largest absolute Gasteiger partial charge is 0.464 e. The number of halogens is 3. The van der Waals surface area contributed by atoms with Gasteiger partial charge in [0, 0.05) is 11.3 Å². The Hall–Kier alpha value is -2.12. The minimum atomic E-state index is -4.69. The fourth-order valence-electron chi connectivity index (χ4n) is 1.85. The Kier molecular flexibility index (Phi) is 3.17. The topological polar surface area (TPSA) is 56.5 Å². The maximum Gasteiger partial charge on any atom is 0.420 e. The highest BCUT2D eigenvalue weighted by molar-refractivity contribution is 5.81. The summed E-state index contributed by atoms with van der Waals surface area (Å²) in [6.45, 7) is 3.48. The van der Waals surface area contributed by atoms with Gasteiger partial charge in [0.2, 0.25) is 0 Å². The Morgan fingerprint density at radius 2 is 2.11 bits per heavy atom. The summed E-state index contributed by atoms with van der Waals surface area (Å²) >= 11 is 0. The highest BCUT2D eigenvalue weighted by atomic mass is 19.4. The highest BCUT2D eigenvalue weighted by Gasteiger charge is 2.38. The number of hydrogen-bond acceptors (Lipinski definition) is 4. The van der Waals surface area contributed by atoms with Crippen LogP contribution < -0.4 is 4.74 Å². The van der Waals surface area contributed by atoms with Crippen LogP contribution in [0, 0.1) is 6.92 Å². The Labute approximate surface area is 106 Å². The van der Waals surface area contributed by atoms with Crippen LogP contribution in [0.2, 0.25) is 0 Å². The number of fused-ring (bicyclic) bond motifs is 1. The molecule has 0 unspecified atom stereocenters. The molecule has 0 aliphatic rings. The first kappa shape index (κ1) is 13.3. The van der Waals surface area contributed by atoms with E-state index in [-0.39, 0.29) is 18.9 Å². The van der Waals surface area contributed by atoms with Crippen molar-refractivity contribution >= 4 is 11.9 Å². The van der Waals surface area contributed by atoms with Crippen LogP contribution in [0.25, 0.3) is 5.65 Å². The van der Waals surface area contributed by atoms with Crippen molar-refractivity contribution in [2.45, 2.75) is 20.0 Å².